The Balaban J connectivity index is 2.95. The Hall–Kier alpha value is -1.49. The fourth-order valence-corrected chi connectivity index (χ4v) is 1.69. The summed E-state index contributed by atoms with van der Waals surface area (Å²) in [5, 5.41) is 3.33. The first-order chi connectivity index (χ1) is 9.61. The normalized spacial score (nSPS) is 13.4. The lowest BCUT2D eigenvalue weighted by Crippen LogP contribution is -2.36. The first kappa shape index (κ1) is 17.6. The van der Waals surface area contributed by atoms with Crippen LogP contribution < -0.4 is 10.1 Å². The molecule has 0 atom stereocenters. The standard InChI is InChI=1S/C16H22F3NO/c1-5-12(11-20-15(2,3)4)10-13-8-6-7-9-14(13)21-16(17,18)19/h6-10,20H,5,11H2,1-4H3. The first-order valence-electron chi connectivity index (χ1n) is 6.90. The lowest BCUT2D eigenvalue weighted by Gasteiger charge is -2.21. The molecule has 0 fully saturated rings. The van der Waals surface area contributed by atoms with Gasteiger partial charge in [-0.2, -0.15) is 0 Å². The van der Waals surface area contributed by atoms with E-state index in [1.165, 1.54) is 12.1 Å². The number of benzene rings is 1. The number of para-hydroxylation sites is 1. The van der Waals surface area contributed by atoms with Crippen LogP contribution in [0.1, 0.15) is 39.7 Å². The number of hydrogen-bond donors (Lipinski definition) is 1. The molecule has 118 valence electrons. The van der Waals surface area contributed by atoms with Gasteiger partial charge in [0.2, 0.25) is 0 Å². The van der Waals surface area contributed by atoms with Crippen LogP contribution in [-0.4, -0.2) is 18.4 Å². The lowest BCUT2D eigenvalue weighted by molar-refractivity contribution is -0.274. The number of halogens is 3. The first-order valence-corrected chi connectivity index (χ1v) is 6.90. The summed E-state index contributed by atoms with van der Waals surface area (Å²) >= 11 is 0. The third-order valence-electron chi connectivity index (χ3n) is 2.80. The van der Waals surface area contributed by atoms with Crippen LogP contribution in [0.3, 0.4) is 0 Å². The van der Waals surface area contributed by atoms with Crippen molar-refractivity contribution in [1.82, 2.24) is 5.32 Å². The Bertz CT molecular complexity index is 487. The third kappa shape index (κ3) is 7.18. The fourth-order valence-electron chi connectivity index (χ4n) is 1.69. The zero-order chi connectivity index (χ0) is 16.1. The van der Waals surface area contributed by atoms with Crippen LogP contribution >= 0.6 is 0 Å². The molecule has 21 heavy (non-hydrogen) atoms. The number of alkyl halides is 3. The molecule has 2 nitrogen and oxygen atoms in total. The molecule has 1 aromatic rings. The van der Waals surface area contributed by atoms with Crippen molar-refractivity contribution < 1.29 is 17.9 Å². The number of hydrogen-bond acceptors (Lipinski definition) is 2. The monoisotopic (exact) mass is 301 g/mol. The Labute approximate surface area is 124 Å². The van der Waals surface area contributed by atoms with Gasteiger partial charge in [-0.25, -0.2) is 0 Å². The van der Waals surface area contributed by atoms with Gasteiger partial charge in [-0.15, -0.1) is 13.2 Å². The molecule has 1 N–H and O–H groups in total. The van der Waals surface area contributed by atoms with Crippen LogP contribution in [0.15, 0.2) is 29.8 Å². The summed E-state index contributed by atoms with van der Waals surface area (Å²) in [6, 6.07) is 6.16. The highest BCUT2D eigenvalue weighted by molar-refractivity contribution is 5.60. The van der Waals surface area contributed by atoms with E-state index in [0.717, 1.165) is 12.0 Å². The second-order valence-corrected chi connectivity index (χ2v) is 5.85. The van der Waals surface area contributed by atoms with Crippen LogP contribution in [0.25, 0.3) is 6.08 Å². The van der Waals surface area contributed by atoms with Crippen LogP contribution in [0, 0.1) is 0 Å². The highest BCUT2D eigenvalue weighted by Crippen LogP contribution is 2.28. The molecule has 0 aliphatic heterocycles. The van der Waals surface area contributed by atoms with Crippen LogP contribution in [0.2, 0.25) is 0 Å². The van der Waals surface area contributed by atoms with E-state index in [2.05, 4.69) is 10.1 Å². The predicted molar refractivity (Wildman–Crippen MR) is 79.1 cm³/mol. The molecule has 0 radical (unpaired) electrons. The number of nitrogens with one attached hydrogen (secondary N) is 1. The van der Waals surface area contributed by atoms with Gasteiger partial charge in [0, 0.05) is 17.6 Å². The Kier molecular flexibility index (Phi) is 5.84. The largest absolute Gasteiger partial charge is 0.573 e. The third-order valence-corrected chi connectivity index (χ3v) is 2.80. The molecular formula is C16H22F3NO. The highest BCUT2D eigenvalue weighted by atomic mass is 19.4. The summed E-state index contributed by atoms with van der Waals surface area (Å²) < 4.78 is 41.2. The van der Waals surface area contributed by atoms with E-state index in [9.17, 15) is 13.2 Å². The molecule has 0 unspecified atom stereocenters. The van der Waals surface area contributed by atoms with E-state index in [1.54, 1.807) is 18.2 Å². The molecule has 0 amide bonds. The minimum absolute atomic E-state index is 0.0454. The average molecular weight is 301 g/mol. The molecule has 1 aromatic carbocycles. The molecule has 5 heteroatoms. The Morgan fingerprint density at radius 2 is 1.81 bits per heavy atom. The maximum Gasteiger partial charge on any atom is 0.573 e. The Morgan fingerprint density at radius 1 is 1.19 bits per heavy atom. The minimum Gasteiger partial charge on any atom is -0.405 e. The van der Waals surface area contributed by atoms with Crippen molar-refractivity contribution in [1.29, 1.82) is 0 Å². The minimum atomic E-state index is -4.68. The molecular weight excluding hydrogens is 279 g/mol. The maximum atomic E-state index is 12.4. The van der Waals surface area contributed by atoms with Gasteiger partial charge in [0.15, 0.2) is 0 Å². The van der Waals surface area contributed by atoms with E-state index in [1.807, 2.05) is 27.7 Å². The molecule has 0 aromatic heterocycles. The topological polar surface area (TPSA) is 21.3 Å². The van der Waals surface area contributed by atoms with Gasteiger partial charge in [-0.05, 0) is 33.3 Å². The van der Waals surface area contributed by atoms with Crippen molar-refractivity contribution in [3.8, 4) is 5.75 Å². The van der Waals surface area contributed by atoms with Crippen molar-refractivity contribution in [2.45, 2.75) is 46.0 Å². The molecule has 0 bridgehead atoms. The highest BCUT2D eigenvalue weighted by Gasteiger charge is 2.31. The van der Waals surface area contributed by atoms with E-state index >= 15 is 0 Å². The lowest BCUT2D eigenvalue weighted by atomic mass is 10.0. The summed E-state index contributed by atoms with van der Waals surface area (Å²) in [5.41, 5.74) is 1.40. The van der Waals surface area contributed by atoms with Crippen molar-refractivity contribution in [2.75, 3.05) is 6.54 Å². The van der Waals surface area contributed by atoms with Gasteiger partial charge < -0.3 is 10.1 Å². The Morgan fingerprint density at radius 3 is 2.33 bits per heavy atom. The van der Waals surface area contributed by atoms with E-state index in [-0.39, 0.29) is 11.3 Å². The number of ether oxygens (including phenoxy) is 1. The van der Waals surface area contributed by atoms with Gasteiger partial charge in [0.05, 0.1) is 0 Å². The molecule has 0 saturated heterocycles. The van der Waals surface area contributed by atoms with Crippen LogP contribution in [0.4, 0.5) is 13.2 Å². The number of rotatable bonds is 5. The molecule has 0 aliphatic carbocycles. The van der Waals surface area contributed by atoms with Crippen molar-refractivity contribution in [3.05, 3.63) is 35.4 Å². The maximum absolute atomic E-state index is 12.4. The molecule has 0 spiro atoms. The second-order valence-electron chi connectivity index (χ2n) is 5.85. The van der Waals surface area contributed by atoms with Crippen LogP contribution in [-0.2, 0) is 0 Å². The molecule has 0 saturated carbocycles. The van der Waals surface area contributed by atoms with Gasteiger partial charge in [-0.3, -0.25) is 0 Å². The van der Waals surface area contributed by atoms with Gasteiger partial charge >= 0.3 is 6.36 Å². The predicted octanol–water partition coefficient (Wildman–Crippen LogP) is 4.77. The van der Waals surface area contributed by atoms with E-state index < -0.39 is 6.36 Å². The summed E-state index contributed by atoms with van der Waals surface area (Å²) in [5.74, 6) is -0.174. The molecule has 0 heterocycles. The SMILES string of the molecule is CCC(=Cc1ccccc1OC(F)(F)F)CNC(C)(C)C. The van der Waals surface area contributed by atoms with E-state index in [4.69, 9.17) is 0 Å². The smallest absolute Gasteiger partial charge is 0.405 e. The quantitative estimate of drug-likeness (QED) is 0.846. The summed E-state index contributed by atoms with van der Waals surface area (Å²) in [6.45, 7) is 8.73. The zero-order valence-electron chi connectivity index (χ0n) is 12.8. The fraction of sp³-hybridized carbons (Fsp3) is 0.500. The molecule has 1 rings (SSSR count). The zero-order valence-corrected chi connectivity index (χ0v) is 12.8. The van der Waals surface area contributed by atoms with Crippen molar-refractivity contribution in [3.63, 3.8) is 0 Å². The summed E-state index contributed by atoms with van der Waals surface area (Å²) in [6.07, 6.45) is -2.18. The van der Waals surface area contributed by atoms with Gasteiger partial charge in [0.1, 0.15) is 5.75 Å². The van der Waals surface area contributed by atoms with Crippen molar-refractivity contribution >= 4 is 6.08 Å². The van der Waals surface area contributed by atoms with Crippen molar-refractivity contribution in [2.24, 2.45) is 0 Å². The average Bonchev–Trinajstić information content (AvgIpc) is 2.33. The second kappa shape index (κ2) is 6.98. The van der Waals surface area contributed by atoms with E-state index in [0.29, 0.717) is 12.1 Å². The summed E-state index contributed by atoms with van der Waals surface area (Å²) in [7, 11) is 0. The summed E-state index contributed by atoms with van der Waals surface area (Å²) in [4.78, 5) is 0. The van der Waals surface area contributed by atoms with Gasteiger partial charge in [0.25, 0.3) is 0 Å². The van der Waals surface area contributed by atoms with Gasteiger partial charge in [-0.1, -0.05) is 36.8 Å². The van der Waals surface area contributed by atoms with Crippen LogP contribution in [0.5, 0.6) is 5.75 Å². The molecule has 0 aliphatic rings.